The lowest BCUT2D eigenvalue weighted by atomic mass is 9.94. The van der Waals surface area contributed by atoms with Gasteiger partial charge in [0.2, 0.25) is 10.0 Å². The summed E-state index contributed by atoms with van der Waals surface area (Å²) in [5.41, 5.74) is -0.971. The second-order valence-electron chi connectivity index (χ2n) is 5.74. The van der Waals surface area contributed by atoms with Gasteiger partial charge in [-0.2, -0.15) is 43.9 Å². The van der Waals surface area contributed by atoms with Crippen LogP contribution in [0.3, 0.4) is 0 Å². The smallest absolute Gasteiger partial charge is 0.321 e. The molecule has 0 spiro atoms. The Morgan fingerprint density at radius 1 is 0.806 bits per heavy atom. The van der Waals surface area contributed by atoms with Crippen molar-refractivity contribution in [2.75, 3.05) is 5.32 Å². The number of anilines is 1. The van der Waals surface area contributed by atoms with E-state index >= 15 is 0 Å². The van der Waals surface area contributed by atoms with E-state index in [1.54, 1.807) is 0 Å². The third-order valence-corrected chi connectivity index (χ3v) is 4.53. The van der Waals surface area contributed by atoms with Gasteiger partial charge in [0.15, 0.2) is 0 Å². The van der Waals surface area contributed by atoms with Crippen molar-refractivity contribution in [1.82, 2.24) is 0 Å². The number of nitrogens with one attached hydrogen (secondary N) is 1. The van der Waals surface area contributed by atoms with Crippen molar-refractivity contribution in [2.45, 2.75) is 40.9 Å². The van der Waals surface area contributed by atoms with E-state index in [0.29, 0.717) is 24.3 Å². The van der Waals surface area contributed by atoms with Gasteiger partial charge in [0.05, 0.1) is 4.90 Å². The number of carbonyl (C=O) groups excluding carboxylic acids is 1. The first-order valence-electron chi connectivity index (χ1n) is 7.16. The van der Waals surface area contributed by atoms with Crippen LogP contribution >= 0.6 is 0 Å². The Kier molecular flexibility index (Phi) is 6.67. The number of primary sulfonamides is 1. The normalized spacial score (nSPS) is 14.6. The number of halogens is 12. The molecule has 0 fully saturated rings. The zero-order chi connectivity index (χ0) is 24.8. The Bertz CT molecular complexity index is 932. The minimum atomic E-state index is -7.85. The molecule has 3 N–H and O–H groups in total. The van der Waals surface area contributed by atoms with Crippen LogP contribution in [0.4, 0.5) is 58.4 Å². The molecule has 0 atom stereocenters. The highest BCUT2D eigenvalue weighted by molar-refractivity contribution is 7.89. The molecule has 1 aromatic rings. The Hall–Kier alpha value is -2.24. The maximum Gasteiger partial charge on any atom is 0.393 e. The fourth-order valence-electron chi connectivity index (χ4n) is 1.82. The van der Waals surface area contributed by atoms with Crippen LogP contribution in [-0.4, -0.2) is 50.4 Å². The fourth-order valence-corrected chi connectivity index (χ4v) is 2.34. The van der Waals surface area contributed by atoms with Gasteiger partial charge in [-0.05, 0) is 24.3 Å². The minimum Gasteiger partial charge on any atom is -0.321 e. The first kappa shape index (κ1) is 26.8. The van der Waals surface area contributed by atoms with Crippen LogP contribution < -0.4 is 10.5 Å². The Labute approximate surface area is 164 Å². The predicted molar refractivity (Wildman–Crippen MR) is 77.2 cm³/mol. The molecule has 31 heavy (non-hydrogen) atoms. The lowest BCUT2D eigenvalue weighted by Gasteiger charge is -2.38. The van der Waals surface area contributed by atoms with Crippen molar-refractivity contribution >= 4 is 21.6 Å². The number of rotatable bonds is 8. The first-order chi connectivity index (χ1) is 13.5. The van der Waals surface area contributed by atoms with Gasteiger partial charge in [-0.1, -0.05) is 0 Å². The van der Waals surface area contributed by atoms with Gasteiger partial charge in [-0.3, -0.25) is 4.79 Å². The molecule has 0 aliphatic heterocycles. The topological polar surface area (TPSA) is 89.3 Å². The Morgan fingerprint density at radius 2 is 1.23 bits per heavy atom. The molecule has 0 aliphatic rings. The van der Waals surface area contributed by atoms with E-state index in [1.807, 2.05) is 0 Å². The summed E-state index contributed by atoms with van der Waals surface area (Å²) in [6.45, 7) is 0. The fraction of sp³-hybridized carbons (Fsp3) is 0.462. The lowest BCUT2D eigenvalue weighted by Crippen LogP contribution is -2.70. The molecule has 1 rings (SSSR count). The summed E-state index contributed by atoms with van der Waals surface area (Å²) < 4.78 is 179. The van der Waals surface area contributed by atoms with Crippen molar-refractivity contribution in [2.24, 2.45) is 5.14 Å². The van der Waals surface area contributed by atoms with Gasteiger partial charge in [0, 0.05) is 5.69 Å². The number of hydrogen-bond acceptors (Lipinski definition) is 3. The second-order valence-corrected chi connectivity index (χ2v) is 7.31. The van der Waals surface area contributed by atoms with Gasteiger partial charge < -0.3 is 5.32 Å². The molecule has 0 radical (unpaired) electrons. The van der Waals surface area contributed by atoms with E-state index in [-0.39, 0.29) is 0 Å². The van der Waals surface area contributed by atoms with E-state index in [4.69, 9.17) is 0 Å². The average Bonchev–Trinajstić information content (AvgIpc) is 2.60. The highest BCUT2D eigenvalue weighted by Crippen LogP contribution is 2.58. The van der Waals surface area contributed by atoms with Gasteiger partial charge in [0.1, 0.15) is 0 Å². The van der Waals surface area contributed by atoms with E-state index in [0.717, 1.165) is 5.32 Å². The average molecular weight is 500 g/mol. The van der Waals surface area contributed by atoms with Gasteiger partial charge in [-0.25, -0.2) is 22.3 Å². The summed E-state index contributed by atoms with van der Waals surface area (Å²) in [6, 6.07) is 1.91. The van der Waals surface area contributed by atoms with Gasteiger partial charge in [-0.15, -0.1) is 0 Å². The van der Waals surface area contributed by atoms with Gasteiger partial charge in [0.25, 0.3) is 0 Å². The number of hydrogen-bond donors (Lipinski definition) is 2. The Morgan fingerprint density at radius 3 is 1.58 bits per heavy atom. The monoisotopic (exact) mass is 500 g/mol. The highest BCUT2D eigenvalue weighted by Gasteiger charge is 2.89. The summed E-state index contributed by atoms with van der Waals surface area (Å²) in [6.07, 6.45) is -5.66. The van der Waals surface area contributed by atoms with Crippen LogP contribution in [0, 0.1) is 0 Å². The van der Waals surface area contributed by atoms with Crippen molar-refractivity contribution in [3.05, 3.63) is 24.3 Å². The molecule has 0 unspecified atom stereocenters. The van der Waals surface area contributed by atoms with Gasteiger partial charge >= 0.3 is 41.9 Å². The summed E-state index contributed by atoms with van der Waals surface area (Å²) in [5.74, 6) is -40.6. The molecular formula is C13H8F12N2O3S. The Balaban J connectivity index is 3.32. The van der Waals surface area contributed by atoms with Crippen molar-refractivity contribution < 1.29 is 65.9 Å². The quantitative estimate of drug-likeness (QED) is 0.534. The molecule has 178 valence electrons. The zero-order valence-electron chi connectivity index (χ0n) is 14.1. The maximum atomic E-state index is 13.6. The number of sulfonamides is 1. The van der Waals surface area contributed by atoms with Crippen LogP contribution in [0.25, 0.3) is 0 Å². The minimum absolute atomic E-state index is 0.434. The van der Waals surface area contributed by atoms with Crippen LogP contribution in [0.15, 0.2) is 29.2 Å². The van der Waals surface area contributed by atoms with Crippen LogP contribution in [0.2, 0.25) is 0 Å². The summed E-state index contributed by atoms with van der Waals surface area (Å²) in [7, 11) is -4.35. The lowest BCUT2D eigenvalue weighted by molar-refractivity contribution is -0.406. The molecule has 0 heterocycles. The van der Waals surface area contributed by atoms with Crippen molar-refractivity contribution in [3.8, 4) is 0 Å². The van der Waals surface area contributed by atoms with E-state index in [9.17, 15) is 65.9 Å². The third kappa shape index (κ3) is 4.26. The zero-order valence-corrected chi connectivity index (χ0v) is 14.9. The molecule has 0 aliphatic carbocycles. The van der Waals surface area contributed by atoms with E-state index in [2.05, 4.69) is 5.14 Å². The first-order valence-corrected chi connectivity index (χ1v) is 8.71. The summed E-state index contributed by atoms with van der Waals surface area (Å²) in [4.78, 5) is 10.6. The number of alkyl halides is 12. The van der Waals surface area contributed by atoms with Crippen LogP contribution in [0.1, 0.15) is 0 Å². The third-order valence-electron chi connectivity index (χ3n) is 3.60. The number of nitrogens with two attached hydrogens (primary N) is 1. The molecule has 0 aromatic heterocycles. The van der Waals surface area contributed by atoms with Crippen molar-refractivity contribution in [1.29, 1.82) is 0 Å². The predicted octanol–water partition coefficient (Wildman–Crippen LogP) is 3.71. The molecule has 18 heteroatoms. The molecule has 5 nitrogen and oxygen atoms in total. The second kappa shape index (κ2) is 7.72. The molecule has 0 saturated carbocycles. The maximum absolute atomic E-state index is 13.6. The molecule has 1 aromatic carbocycles. The SMILES string of the molecule is NS(=O)(=O)c1ccc(NC(=O)C(F)(F)C(F)(F)C(F)(F)C(F)(F)C(F)(F)C(F)F)cc1. The summed E-state index contributed by atoms with van der Waals surface area (Å²) >= 11 is 0. The number of benzene rings is 1. The number of carbonyl (C=O) groups is 1. The summed E-state index contributed by atoms with van der Waals surface area (Å²) in [5, 5.41) is 5.51. The molecule has 0 saturated heterocycles. The van der Waals surface area contributed by atoms with Crippen molar-refractivity contribution in [3.63, 3.8) is 0 Å². The van der Waals surface area contributed by atoms with Crippen LogP contribution in [-0.2, 0) is 14.8 Å². The highest BCUT2D eigenvalue weighted by atomic mass is 32.2. The van der Waals surface area contributed by atoms with E-state index in [1.165, 1.54) is 0 Å². The molecule has 0 bridgehead atoms. The number of amides is 1. The van der Waals surface area contributed by atoms with E-state index < -0.39 is 62.6 Å². The largest absolute Gasteiger partial charge is 0.393 e. The van der Waals surface area contributed by atoms with Crippen LogP contribution in [0.5, 0.6) is 0 Å². The standard InChI is InChI=1S/C13H8F12N2O3S/c14-7(15)9(16,17)11(20,21)13(24,25)12(22,23)10(18,19)8(28)27-5-1-3-6(4-2-5)31(26,29)30/h1-4,7H,(H,27,28)(H2,26,29,30). The molecular weight excluding hydrogens is 492 g/mol. The molecule has 1 amide bonds.